The average molecular weight is 399 g/mol. The Morgan fingerprint density at radius 1 is 1.10 bits per heavy atom. The molecule has 4 rings (SSSR count). The van der Waals surface area contributed by atoms with Crippen molar-refractivity contribution in [2.24, 2.45) is 0 Å². The number of hydrogen-bond donors (Lipinski definition) is 1. The van der Waals surface area contributed by atoms with Crippen molar-refractivity contribution in [3.8, 4) is 0 Å². The summed E-state index contributed by atoms with van der Waals surface area (Å²) in [6.45, 7) is 8.82. The number of amides is 1. The van der Waals surface area contributed by atoms with E-state index in [1.54, 1.807) is 6.26 Å². The van der Waals surface area contributed by atoms with E-state index in [2.05, 4.69) is 19.7 Å². The van der Waals surface area contributed by atoms with E-state index < -0.39 is 0 Å². The molecule has 2 aliphatic rings. The van der Waals surface area contributed by atoms with E-state index >= 15 is 0 Å². The number of nitrogens with zero attached hydrogens (tertiary/aromatic N) is 3. The van der Waals surface area contributed by atoms with Crippen molar-refractivity contribution in [3.63, 3.8) is 0 Å². The normalized spacial score (nSPS) is 18.1. The fourth-order valence-electron chi connectivity index (χ4n) is 3.98. The molecule has 3 heterocycles. The fraction of sp³-hybridized carbons (Fsp3) is 0.545. The lowest BCUT2D eigenvalue weighted by Crippen LogP contribution is -2.50. The van der Waals surface area contributed by atoms with Gasteiger partial charge in [0.1, 0.15) is 5.76 Å². The van der Waals surface area contributed by atoms with Crippen molar-refractivity contribution in [2.75, 3.05) is 39.3 Å². The SMILES string of the molecule is Cc1cc(C(=O)CN2CCN(CC(=O)NC3CC3)CC2)c(C)n1Cc1ccco1. The zero-order valence-corrected chi connectivity index (χ0v) is 17.3. The lowest BCUT2D eigenvalue weighted by atomic mass is 10.1. The van der Waals surface area contributed by atoms with Gasteiger partial charge in [0.25, 0.3) is 0 Å². The standard InChI is InChI=1S/C22H30N4O3/c1-16-12-20(17(2)26(16)13-19-4-3-11-29-19)21(27)14-24-7-9-25(10-8-24)15-22(28)23-18-5-6-18/h3-4,11-12,18H,5-10,13-15H2,1-2H3,(H,23,28). The summed E-state index contributed by atoms with van der Waals surface area (Å²) in [6.07, 6.45) is 3.90. The van der Waals surface area contributed by atoms with Crippen LogP contribution in [0.4, 0.5) is 0 Å². The summed E-state index contributed by atoms with van der Waals surface area (Å²) in [4.78, 5) is 29.3. The van der Waals surface area contributed by atoms with Crippen LogP contribution in [0.2, 0.25) is 0 Å². The number of piperazine rings is 1. The highest BCUT2D eigenvalue weighted by Gasteiger charge is 2.26. The number of rotatable bonds is 8. The third-order valence-corrected chi connectivity index (χ3v) is 5.91. The van der Waals surface area contributed by atoms with Gasteiger partial charge < -0.3 is 14.3 Å². The minimum atomic E-state index is 0.126. The predicted octanol–water partition coefficient (Wildman–Crippen LogP) is 1.83. The lowest BCUT2D eigenvalue weighted by Gasteiger charge is -2.33. The second kappa shape index (κ2) is 8.55. The van der Waals surface area contributed by atoms with Crippen LogP contribution in [0.5, 0.6) is 0 Å². The largest absolute Gasteiger partial charge is 0.467 e. The molecule has 29 heavy (non-hydrogen) atoms. The van der Waals surface area contributed by atoms with Crippen molar-refractivity contribution >= 4 is 11.7 Å². The van der Waals surface area contributed by atoms with Gasteiger partial charge in [-0.25, -0.2) is 0 Å². The molecule has 2 aromatic heterocycles. The Balaban J connectivity index is 1.29. The summed E-state index contributed by atoms with van der Waals surface area (Å²) in [5, 5.41) is 3.04. The van der Waals surface area contributed by atoms with Crippen LogP contribution in [0.25, 0.3) is 0 Å². The van der Waals surface area contributed by atoms with E-state index in [0.717, 1.165) is 61.7 Å². The van der Waals surface area contributed by atoms with Crippen molar-refractivity contribution < 1.29 is 14.0 Å². The summed E-state index contributed by atoms with van der Waals surface area (Å²) in [6, 6.07) is 6.22. The van der Waals surface area contributed by atoms with Crippen molar-refractivity contribution in [2.45, 2.75) is 39.3 Å². The van der Waals surface area contributed by atoms with E-state index in [1.165, 1.54) is 0 Å². The highest BCUT2D eigenvalue weighted by atomic mass is 16.3. The van der Waals surface area contributed by atoms with Gasteiger partial charge in [0, 0.05) is 49.2 Å². The molecule has 7 nitrogen and oxygen atoms in total. The zero-order valence-electron chi connectivity index (χ0n) is 17.3. The van der Waals surface area contributed by atoms with Gasteiger partial charge in [-0.15, -0.1) is 0 Å². The van der Waals surface area contributed by atoms with Gasteiger partial charge in [0.05, 0.1) is 25.9 Å². The maximum absolute atomic E-state index is 12.9. The van der Waals surface area contributed by atoms with Crippen LogP contribution in [-0.4, -0.2) is 71.4 Å². The summed E-state index contributed by atoms with van der Waals surface area (Å²) < 4.78 is 7.58. The monoisotopic (exact) mass is 398 g/mol. The van der Waals surface area contributed by atoms with Gasteiger partial charge >= 0.3 is 0 Å². The molecule has 1 N–H and O–H groups in total. The minimum absolute atomic E-state index is 0.126. The van der Waals surface area contributed by atoms with Crippen molar-refractivity contribution in [1.82, 2.24) is 19.7 Å². The van der Waals surface area contributed by atoms with Crippen LogP contribution in [0, 0.1) is 13.8 Å². The summed E-state index contributed by atoms with van der Waals surface area (Å²) in [7, 11) is 0. The first kappa shape index (κ1) is 19.9. The van der Waals surface area contributed by atoms with Gasteiger partial charge in [0.15, 0.2) is 5.78 Å². The molecule has 1 saturated carbocycles. The number of aryl methyl sites for hydroxylation is 1. The van der Waals surface area contributed by atoms with E-state index in [0.29, 0.717) is 25.7 Å². The molecule has 0 unspecified atom stereocenters. The van der Waals surface area contributed by atoms with Gasteiger partial charge in [0.2, 0.25) is 5.91 Å². The summed E-state index contributed by atoms with van der Waals surface area (Å²) >= 11 is 0. The third-order valence-electron chi connectivity index (χ3n) is 5.91. The van der Waals surface area contributed by atoms with Crippen LogP contribution < -0.4 is 5.32 Å². The van der Waals surface area contributed by atoms with Crippen molar-refractivity contribution in [3.05, 3.63) is 47.2 Å². The number of nitrogens with one attached hydrogen (secondary N) is 1. The highest BCUT2D eigenvalue weighted by Crippen LogP contribution is 2.19. The molecule has 2 fully saturated rings. The van der Waals surface area contributed by atoms with Crippen LogP contribution >= 0.6 is 0 Å². The molecule has 156 valence electrons. The molecule has 1 aliphatic heterocycles. The van der Waals surface area contributed by atoms with Crippen LogP contribution in [0.15, 0.2) is 28.9 Å². The molecular formula is C22H30N4O3. The zero-order chi connectivity index (χ0) is 20.4. The molecule has 0 aromatic carbocycles. The van der Waals surface area contributed by atoms with Crippen LogP contribution in [0.3, 0.4) is 0 Å². The quantitative estimate of drug-likeness (QED) is 0.687. The van der Waals surface area contributed by atoms with Crippen LogP contribution in [0.1, 0.15) is 40.3 Å². The maximum Gasteiger partial charge on any atom is 0.234 e. The molecule has 0 bridgehead atoms. The maximum atomic E-state index is 12.9. The second-order valence-corrected chi connectivity index (χ2v) is 8.27. The lowest BCUT2D eigenvalue weighted by molar-refractivity contribution is -0.122. The number of carbonyl (C=O) groups is 2. The van der Waals surface area contributed by atoms with Crippen molar-refractivity contribution in [1.29, 1.82) is 0 Å². The Labute approximate surface area is 171 Å². The number of furan rings is 1. The Hall–Kier alpha value is -2.38. The number of hydrogen-bond acceptors (Lipinski definition) is 5. The van der Waals surface area contributed by atoms with E-state index in [4.69, 9.17) is 4.42 Å². The summed E-state index contributed by atoms with van der Waals surface area (Å²) in [5.74, 6) is 1.16. The van der Waals surface area contributed by atoms with E-state index in [1.807, 2.05) is 32.0 Å². The number of Topliss-reactive ketones (excluding diaryl/α,β-unsaturated/α-hetero) is 1. The molecule has 0 spiro atoms. The van der Waals surface area contributed by atoms with Gasteiger partial charge in [-0.3, -0.25) is 19.4 Å². The topological polar surface area (TPSA) is 70.7 Å². The Morgan fingerprint density at radius 2 is 1.79 bits per heavy atom. The molecule has 1 saturated heterocycles. The summed E-state index contributed by atoms with van der Waals surface area (Å²) in [5.41, 5.74) is 2.84. The number of aromatic nitrogens is 1. The van der Waals surface area contributed by atoms with Gasteiger partial charge in [-0.05, 0) is 44.9 Å². The Morgan fingerprint density at radius 3 is 2.41 bits per heavy atom. The van der Waals surface area contributed by atoms with Gasteiger partial charge in [-0.1, -0.05) is 0 Å². The Bertz CT molecular complexity index is 859. The molecule has 2 aromatic rings. The predicted molar refractivity (Wildman–Crippen MR) is 110 cm³/mol. The first-order valence-electron chi connectivity index (χ1n) is 10.5. The van der Waals surface area contributed by atoms with Gasteiger partial charge in [-0.2, -0.15) is 0 Å². The second-order valence-electron chi connectivity index (χ2n) is 8.27. The van der Waals surface area contributed by atoms with E-state index in [9.17, 15) is 9.59 Å². The molecule has 0 radical (unpaired) electrons. The molecule has 1 amide bonds. The highest BCUT2D eigenvalue weighted by molar-refractivity contribution is 5.99. The fourth-order valence-corrected chi connectivity index (χ4v) is 3.98. The van der Waals surface area contributed by atoms with E-state index in [-0.39, 0.29) is 11.7 Å². The first-order valence-corrected chi connectivity index (χ1v) is 10.5. The average Bonchev–Trinajstić information content (AvgIpc) is 3.26. The molecular weight excluding hydrogens is 368 g/mol. The third kappa shape index (κ3) is 4.97. The number of carbonyl (C=O) groups excluding carboxylic acids is 2. The molecule has 1 aliphatic carbocycles. The first-order chi connectivity index (χ1) is 14.0. The van der Waals surface area contributed by atoms with Crippen LogP contribution in [-0.2, 0) is 11.3 Å². The number of ketones is 1. The molecule has 7 heteroatoms. The Kier molecular flexibility index (Phi) is 5.87. The molecule has 0 atom stereocenters. The minimum Gasteiger partial charge on any atom is -0.467 e. The smallest absolute Gasteiger partial charge is 0.234 e.